The molecule has 1 atom stereocenters. The summed E-state index contributed by atoms with van der Waals surface area (Å²) >= 11 is 0. The van der Waals surface area contributed by atoms with Crippen LogP contribution < -0.4 is 10.6 Å². The van der Waals surface area contributed by atoms with Crippen LogP contribution in [0.1, 0.15) is 76.6 Å². The van der Waals surface area contributed by atoms with Gasteiger partial charge < -0.3 is 10.6 Å². The van der Waals surface area contributed by atoms with Crippen molar-refractivity contribution in [2.75, 3.05) is 0 Å². The van der Waals surface area contributed by atoms with Crippen molar-refractivity contribution in [3.8, 4) is 0 Å². The highest BCUT2D eigenvalue weighted by atomic mass is 16.2. The molecule has 4 heteroatoms. The van der Waals surface area contributed by atoms with Crippen molar-refractivity contribution in [3.63, 3.8) is 0 Å². The third-order valence-corrected chi connectivity index (χ3v) is 6.01. The Morgan fingerprint density at radius 3 is 2.31 bits per heavy atom. The highest BCUT2D eigenvalue weighted by Crippen LogP contribution is 2.40. The molecule has 0 heterocycles. The first-order valence-corrected chi connectivity index (χ1v) is 9.97. The quantitative estimate of drug-likeness (QED) is 0.763. The highest BCUT2D eigenvalue weighted by Gasteiger charge is 2.32. The van der Waals surface area contributed by atoms with Crippen LogP contribution in [0.2, 0.25) is 0 Å². The Kier molecular flexibility index (Phi) is 7.24. The van der Waals surface area contributed by atoms with E-state index in [2.05, 4.69) is 31.4 Å². The summed E-state index contributed by atoms with van der Waals surface area (Å²) < 4.78 is 0. The number of carbonyl (C=O) groups excluding carboxylic acids is 2. The van der Waals surface area contributed by atoms with Crippen LogP contribution in [0.3, 0.4) is 0 Å². The minimum atomic E-state index is -0.182. The van der Waals surface area contributed by atoms with Gasteiger partial charge >= 0.3 is 0 Å². The second kappa shape index (κ2) is 9.20. The first-order valence-electron chi connectivity index (χ1n) is 9.97. The first kappa shape index (κ1) is 20.5. The number of amides is 2. The highest BCUT2D eigenvalue weighted by molar-refractivity contribution is 5.94. The molecule has 0 saturated heterocycles. The summed E-state index contributed by atoms with van der Waals surface area (Å²) in [6.45, 7) is 8.85. The van der Waals surface area contributed by atoms with Crippen molar-refractivity contribution >= 4 is 11.8 Å². The van der Waals surface area contributed by atoms with Gasteiger partial charge in [0.25, 0.3) is 5.91 Å². The summed E-state index contributed by atoms with van der Waals surface area (Å²) in [7, 11) is 0. The molecule has 0 spiro atoms. The van der Waals surface area contributed by atoms with Crippen LogP contribution in [0.4, 0.5) is 0 Å². The van der Waals surface area contributed by atoms with E-state index in [1.165, 1.54) is 19.3 Å². The Hall–Kier alpha value is -1.84. The van der Waals surface area contributed by atoms with E-state index < -0.39 is 0 Å². The van der Waals surface area contributed by atoms with Crippen LogP contribution >= 0.6 is 0 Å². The van der Waals surface area contributed by atoms with Crippen molar-refractivity contribution in [3.05, 3.63) is 35.9 Å². The van der Waals surface area contributed by atoms with Crippen molar-refractivity contribution in [1.82, 2.24) is 10.6 Å². The standard InChI is InChI=1S/C22H34N2O2/c1-5-22(3,4)18-11-13-19(14-12-18)24-20(25)15-16(2)23-21(26)17-9-7-6-8-10-17/h6-10,16,18-19H,5,11-15H2,1-4H3,(H,23,26)(H,24,25). The minimum Gasteiger partial charge on any atom is -0.353 e. The molecule has 1 saturated carbocycles. The van der Waals surface area contributed by atoms with Crippen LogP contribution in [0.15, 0.2) is 30.3 Å². The molecule has 0 aliphatic heterocycles. The topological polar surface area (TPSA) is 58.2 Å². The van der Waals surface area contributed by atoms with E-state index >= 15 is 0 Å². The van der Waals surface area contributed by atoms with Crippen LogP contribution in [-0.2, 0) is 4.79 Å². The zero-order valence-corrected chi connectivity index (χ0v) is 16.7. The van der Waals surface area contributed by atoms with Gasteiger partial charge in [0, 0.05) is 24.1 Å². The molecule has 0 aromatic heterocycles. The summed E-state index contributed by atoms with van der Waals surface area (Å²) in [6.07, 6.45) is 6.01. The SMILES string of the molecule is CCC(C)(C)C1CCC(NC(=O)CC(C)NC(=O)c2ccccc2)CC1. The third-order valence-electron chi connectivity index (χ3n) is 6.01. The summed E-state index contributed by atoms with van der Waals surface area (Å²) in [4.78, 5) is 24.5. The van der Waals surface area contributed by atoms with Crippen molar-refractivity contribution < 1.29 is 9.59 Å². The summed E-state index contributed by atoms with van der Waals surface area (Å²) in [5.74, 6) is 0.655. The molecule has 0 bridgehead atoms. The zero-order valence-electron chi connectivity index (χ0n) is 16.7. The van der Waals surface area contributed by atoms with E-state index in [1.54, 1.807) is 12.1 Å². The fourth-order valence-electron chi connectivity index (χ4n) is 3.82. The molecule has 1 unspecified atom stereocenters. The van der Waals surface area contributed by atoms with Gasteiger partial charge in [-0.25, -0.2) is 0 Å². The lowest BCUT2D eigenvalue weighted by Gasteiger charge is -2.39. The molecule has 2 amide bonds. The van der Waals surface area contributed by atoms with Gasteiger partial charge in [0.15, 0.2) is 0 Å². The number of rotatable bonds is 7. The van der Waals surface area contributed by atoms with Crippen molar-refractivity contribution in [2.24, 2.45) is 11.3 Å². The monoisotopic (exact) mass is 358 g/mol. The maximum Gasteiger partial charge on any atom is 0.251 e. The Labute approximate surface area is 158 Å². The van der Waals surface area contributed by atoms with Crippen LogP contribution in [0.25, 0.3) is 0 Å². The average Bonchev–Trinajstić information content (AvgIpc) is 2.62. The molecule has 1 fully saturated rings. The summed E-state index contributed by atoms with van der Waals surface area (Å²) in [5, 5.41) is 6.06. The van der Waals surface area contributed by atoms with E-state index in [9.17, 15) is 9.59 Å². The van der Waals surface area contributed by atoms with Crippen LogP contribution in [0, 0.1) is 11.3 Å². The molecule has 2 rings (SSSR count). The minimum absolute atomic E-state index is 0.0315. The number of carbonyl (C=O) groups is 2. The molecule has 1 aromatic carbocycles. The van der Waals surface area contributed by atoms with Gasteiger partial charge in [0.05, 0.1) is 0 Å². The van der Waals surface area contributed by atoms with E-state index in [0.717, 1.165) is 18.8 Å². The fourth-order valence-corrected chi connectivity index (χ4v) is 3.82. The Bertz CT molecular complexity index is 589. The van der Waals surface area contributed by atoms with E-state index in [-0.39, 0.29) is 23.9 Å². The Morgan fingerprint density at radius 1 is 1.12 bits per heavy atom. The molecule has 4 nitrogen and oxygen atoms in total. The van der Waals surface area contributed by atoms with E-state index in [0.29, 0.717) is 17.4 Å². The average molecular weight is 359 g/mol. The van der Waals surface area contributed by atoms with Gasteiger partial charge in [0.1, 0.15) is 0 Å². The molecule has 1 aliphatic rings. The number of benzene rings is 1. The number of hydrogen-bond acceptors (Lipinski definition) is 2. The van der Waals surface area contributed by atoms with Crippen LogP contribution in [0.5, 0.6) is 0 Å². The number of hydrogen-bond donors (Lipinski definition) is 2. The predicted molar refractivity (Wildman–Crippen MR) is 106 cm³/mol. The lowest BCUT2D eigenvalue weighted by molar-refractivity contribution is -0.122. The van der Waals surface area contributed by atoms with Gasteiger partial charge in [-0.3, -0.25) is 9.59 Å². The molecule has 2 N–H and O–H groups in total. The Balaban J connectivity index is 1.73. The fraction of sp³-hybridized carbons (Fsp3) is 0.636. The molecule has 144 valence electrons. The predicted octanol–water partition coefficient (Wildman–Crippen LogP) is 4.31. The van der Waals surface area contributed by atoms with E-state index in [4.69, 9.17) is 0 Å². The molecular formula is C22H34N2O2. The van der Waals surface area contributed by atoms with Gasteiger partial charge in [-0.15, -0.1) is 0 Å². The third kappa shape index (κ3) is 5.86. The smallest absolute Gasteiger partial charge is 0.251 e. The normalized spacial score (nSPS) is 21.7. The van der Waals surface area contributed by atoms with Gasteiger partial charge in [-0.05, 0) is 56.1 Å². The van der Waals surface area contributed by atoms with Gasteiger partial charge in [-0.1, -0.05) is 45.4 Å². The largest absolute Gasteiger partial charge is 0.353 e. The molecular weight excluding hydrogens is 324 g/mol. The molecule has 0 radical (unpaired) electrons. The molecule has 26 heavy (non-hydrogen) atoms. The second-order valence-electron chi connectivity index (χ2n) is 8.40. The Morgan fingerprint density at radius 2 is 1.73 bits per heavy atom. The van der Waals surface area contributed by atoms with Crippen molar-refractivity contribution in [2.45, 2.75) is 78.3 Å². The van der Waals surface area contributed by atoms with E-state index in [1.807, 2.05) is 25.1 Å². The van der Waals surface area contributed by atoms with Gasteiger partial charge in [-0.2, -0.15) is 0 Å². The summed E-state index contributed by atoms with van der Waals surface area (Å²) in [5.41, 5.74) is 1.02. The van der Waals surface area contributed by atoms with Gasteiger partial charge in [0.2, 0.25) is 5.91 Å². The lowest BCUT2D eigenvalue weighted by Crippen LogP contribution is -2.43. The molecule has 1 aliphatic carbocycles. The maximum absolute atomic E-state index is 12.3. The zero-order chi connectivity index (χ0) is 19.2. The molecule has 1 aromatic rings. The summed E-state index contributed by atoms with van der Waals surface area (Å²) in [6, 6.07) is 9.20. The lowest BCUT2D eigenvalue weighted by atomic mass is 9.69. The first-order chi connectivity index (χ1) is 12.3. The van der Waals surface area contributed by atoms with Crippen LogP contribution in [-0.4, -0.2) is 23.9 Å². The number of nitrogens with one attached hydrogen (secondary N) is 2. The van der Waals surface area contributed by atoms with Crippen molar-refractivity contribution in [1.29, 1.82) is 0 Å². The maximum atomic E-state index is 12.3. The second-order valence-corrected chi connectivity index (χ2v) is 8.40.